The molecular formula is C13H8Cl2INO. The van der Waals surface area contributed by atoms with Crippen LogP contribution in [0.3, 0.4) is 0 Å². The van der Waals surface area contributed by atoms with Gasteiger partial charge < -0.3 is 0 Å². The summed E-state index contributed by atoms with van der Waals surface area (Å²) in [7, 11) is 0. The number of benzene rings is 1. The first-order chi connectivity index (χ1) is 8.58. The molecule has 1 heterocycles. The smallest absolute Gasteiger partial charge is 0.168 e. The van der Waals surface area contributed by atoms with Crippen LogP contribution < -0.4 is 0 Å². The van der Waals surface area contributed by atoms with E-state index in [0.29, 0.717) is 15.6 Å². The van der Waals surface area contributed by atoms with Gasteiger partial charge in [0.1, 0.15) is 0 Å². The molecule has 5 heteroatoms. The third-order valence-corrected chi connectivity index (χ3v) is 3.95. The molecule has 0 aliphatic carbocycles. The van der Waals surface area contributed by atoms with Gasteiger partial charge in [-0.2, -0.15) is 0 Å². The number of hydrogen-bond donors (Lipinski definition) is 0. The zero-order chi connectivity index (χ0) is 13.1. The van der Waals surface area contributed by atoms with Gasteiger partial charge >= 0.3 is 0 Å². The molecule has 0 saturated heterocycles. The van der Waals surface area contributed by atoms with Gasteiger partial charge in [-0.3, -0.25) is 9.78 Å². The van der Waals surface area contributed by atoms with Crippen LogP contribution in [0.2, 0.25) is 10.0 Å². The summed E-state index contributed by atoms with van der Waals surface area (Å²) in [6.07, 6.45) is 3.40. The Balaban J connectivity index is 2.28. The van der Waals surface area contributed by atoms with E-state index >= 15 is 0 Å². The van der Waals surface area contributed by atoms with E-state index in [-0.39, 0.29) is 12.2 Å². The lowest BCUT2D eigenvalue weighted by Crippen LogP contribution is -2.06. The van der Waals surface area contributed by atoms with Crippen LogP contribution in [0.5, 0.6) is 0 Å². The molecule has 0 radical (unpaired) electrons. The van der Waals surface area contributed by atoms with Crippen LogP contribution in [0.1, 0.15) is 15.9 Å². The van der Waals surface area contributed by atoms with Crippen molar-refractivity contribution in [2.24, 2.45) is 0 Å². The average molecular weight is 392 g/mol. The summed E-state index contributed by atoms with van der Waals surface area (Å²) >= 11 is 14.0. The highest BCUT2D eigenvalue weighted by molar-refractivity contribution is 14.1. The molecule has 0 fully saturated rings. The number of carbonyl (C=O) groups is 1. The van der Waals surface area contributed by atoms with Gasteiger partial charge in [0.2, 0.25) is 0 Å². The molecule has 0 N–H and O–H groups in total. The fourth-order valence-corrected chi connectivity index (χ4v) is 2.52. The molecule has 2 rings (SSSR count). The summed E-state index contributed by atoms with van der Waals surface area (Å²) in [4.78, 5) is 16.1. The predicted molar refractivity (Wildman–Crippen MR) is 81.5 cm³/mol. The minimum absolute atomic E-state index is 0.00463. The Bertz CT molecular complexity index is 601. The van der Waals surface area contributed by atoms with Gasteiger partial charge in [-0.05, 0) is 52.4 Å². The van der Waals surface area contributed by atoms with Crippen molar-refractivity contribution in [3.05, 3.63) is 61.4 Å². The Morgan fingerprint density at radius 2 is 2.06 bits per heavy atom. The predicted octanol–water partition coefficient (Wildman–Crippen LogP) is 4.42. The van der Waals surface area contributed by atoms with Crippen LogP contribution in [0, 0.1) is 3.57 Å². The number of rotatable bonds is 3. The maximum Gasteiger partial charge on any atom is 0.168 e. The molecule has 92 valence electrons. The average Bonchev–Trinajstić information content (AvgIpc) is 2.35. The summed E-state index contributed by atoms with van der Waals surface area (Å²) in [6, 6.07) is 7.02. The first-order valence-electron chi connectivity index (χ1n) is 5.14. The second-order valence-corrected chi connectivity index (χ2v) is 5.70. The van der Waals surface area contributed by atoms with Gasteiger partial charge in [-0.1, -0.05) is 23.2 Å². The van der Waals surface area contributed by atoms with Crippen LogP contribution in [0.15, 0.2) is 36.7 Å². The second kappa shape index (κ2) is 5.99. The summed E-state index contributed by atoms with van der Waals surface area (Å²) in [5.41, 5.74) is 1.39. The lowest BCUT2D eigenvalue weighted by atomic mass is 10.0. The highest BCUT2D eigenvalue weighted by atomic mass is 127. The summed E-state index contributed by atoms with van der Waals surface area (Å²) in [5.74, 6) is -0.00463. The van der Waals surface area contributed by atoms with E-state index in [9.17, 15) is 4.79 Å². The summed E-state index contributed by atoms with van der Waals surface area (Å²) in [5, 5.41) is 1.06. The standard InChI is InChI=1S/C13H8Cl2INO/c14-9-1-2-12(16)10(6-9)13(18)5-8-3-4-17-7-11(8)15/h1-4,6-7H,5H2. The Morgan fingerprint density at radius 3 is 2.78 bits per heavy atom. The van der Waals surface area contributed by atoms with E-state index in [4.69, 9.17) is 23.2 Å². The number of pyridine rings is 1. The van der Waals surface area contributed by atoms with E-state index < -0.39 is 0 Å². The Morgan fingerprint density at radius 1 is 1.28 bits per heavy atom. The SMILES string of the molecule is O=C(Cc1ccncc1Cl)c1cc(Cl)ccc1I. The van der Waals surface area contributed by atoms with E-state index in [2.05, 4.69) is 27.6 Å². The minimum atomic E-state index is -0.00463. The Kier molecular flexibility index (Phi) is 4.59. The van der Waals surface area contributed by atoms with E-state index in [1.165, 1.54) is 6.20 Å². The van der Waals surface area contributed by atoms with Crippen LogP contribution in [-0.4, -0.2) is 10.8 Å². The molecule has 0 amide bonds. The number of nitrogens with zero attached hydrogens (tertiary/aromatic N) is 1. The molecule has 0 bridgehead atoms. The number of carbonyl (C=O) groups excluding carboxylic acids is 1. The van der Waals surface area contributed by atoms with Crippen molar-refractivity contribution >= 4 is 51.6 Å². The van der Waals surface area contributed by atoms with Crippen molar-refractivity contribution in [1.82, 2.24) is 4.98 Å². The maximum absolute atomic E-state index is 12.2. The molecule has 2 nitrogen and oxygen atoms in total. The maximum atomic E-state index is 12.2. The Labute approximate surface area is 128 Å². The van der Waals surface area contributed by atoms with Gasteiger partial charge in [-0.15, -0.1) is 0 Å². The van der Waals surface area contributed by atoms with Crippen LogP contribution in [0.25, 0.3) is 0 Å². The first-order valence-corrected chi connectivity index (χ1v) is 6.98. The fourth-order valence-electron chi connectivity index (χ4n) is 1.53. The highest BCUT2D eigenvalue weighted by Crippen LogP contribution is 2.21. The monoisotopic (exact) mass is 391 g/mol. The van der Waals surface area contributed by atoms with Crippen molar-refractivity contribution in [1.29, 1.82) is 0 Å². The van der Waals surface area contributed by atoms with E-state index in [1.807, 2.05) is 6.07 Å². The van der Waals surface area contributed by atoms with Crippen molar-refractivity contribution in [3.8, 4) is 0 Å². The lowest BCUT2D eigenvalue weighted by Gasteiger charge is -2.06. The molecule has 1 aromatic heterocycles. The lowest BCUT2D eigenvalue weighted by molar-refractivity contribution is 0.0992. The molecule has 2 aromatic rings. The van der Waals surface area contributed by atoms with Crippen molar-refractivity contribution < 1.29 is 4.79 Å². The normalized spacial score (nSPS) is 10.4. The van der Waals surface area contributed by atoms with Crippen LogP contribution in [0.4, 0.5) is 0 Å². The summed E-state index contributed by atoms with van der Waals surface area (Å²) in [6.45, 7) is 0. The second-order valence-electron chi connectivity index (χ2n) is 3.69. The van der Waals surface area contributed by atoms with E-state index in [0.717, 1.165) is 9.13 Å². The quantitative estimate of drug-likeness (QED) is 0.572. The van der Waals surface area contributed by atoms with Crippen LogP contribution in [-0.2, 0) is 6.42 Å². The molecule has 18 heavy (non-hydrogen) atoms. The van der Waals surface area contributed by atoms with Crippen molar-refractivity contribution in [2.45, 2.75) is 6.42 Å². The first kappa shape index (κ1) is 13.8. The molecular weight excluding hydrogens is 384 g/mol. The van der Waals surface area contributed by atoms with Gasteiger partial charge in [0.05, 0.1) is 5.02 Å². The van der Waals surface area contributed by atoms with Gasteiger partial charge in [-0.25, -0.2) is 0 Å². The van der Waals surface area contributed by atoms with Crippen LogP contribution >= 0.6 is 45.8 Å². The van der Waals surface area contributed by atoms with Gasteiger partial charge in [0, 0.05) is 33.0 Å². The number of Topliss-reactive ketones (excluding diaryl/α,β-unsaturated/α-hetero) is 1. The molecule has 0 aliphatic heterocycles. The van der Waals surface area contributed by atoms with Gasteiger partial charge in [0.25, 0.3) is 0 Å². The molecule has 1 aromatic carbocycles. The third-order valence-electron chi connectivity index (χ3n) is 2.44. The zero-order valence-corrected chi connectivity index (χ0v) is 12.8. The van der Waals surface area contributed by atoms with Crippen molar-refractivity contribution in [2.75, 3.05) is 0 Å². The third kappa shape index (κ3) is 3.22. The Hall–Kier alpha value is -0.650. The number of ketones is 1. The molecule has 0 unspecified atom stereocenters. The fraction of sp³-hybridized carbons (Fsp3) is 0.0769. The zero-order valence-electron chi connectivity index (χ0n) is 9.16. The van der Waals surface area contributed by atoms with Gasteiger partial charge in [0.15, 0.2) is 5.78 Å². The molecule has 0 atom stereocenters. The summed E-state index contributed by atoms with van der Waals surface area (Å²) < 4.78 is 0.882. The molecule has 0 aliphatic rings. The molecule has 0 saturated carbocycles. The largest absolute Gasteiger partial charge is 0.294 e. The van der Waals surface area contributed by atoms with Crippen molar-refractivity contribution in [3.63, 3.8) is 0 Å². The number of aromatic nitrogens is 1. The number of hydrogen-bond acceptors (Lipinski definition) is 2. The number of halogens is 3. The topological polar surface area (TPSA) is 30.0 Å². The highest BCUT2D eigenvalue weighted by Gasteiger charge is 2.13. The van der Waals surface area contributed by atoms with E-state index in [1.54, 1.807) is 24.4 Å². The minimum Gasteiger partial charge on any atom is -0.294 e. The molecule has 0 spiro atoms.